The molecule has 2 bridgehead atoms. The van der Waals surface area contributed by atoms with Crippen LogP contribution < -0.4 is 0 Å². The monoisotopic (exact) mass is 564 g/mol. The van der Waals surface area contributed by atoms with Crippen molar-refractivity contribution in [3.63, 3.8) is 0 Å². The van der Waals surface area contributed by atoms with Gasteiger partial charge in [-0.3, -0.25) is 9.69 Å². The summed E-state index contributed by atoms with van der Waals surface area (Å²) >= 11 is 0. The van der Waals surface area contributed by atoms with E-state index in [0.717, 1.165) is 49.0 Å². The fraction of sp³-hybridized carbons (Fsp3) is 0.361. The van der Waals surface area contributed by atoms with Crippen LogP contribution in [0.4, 0.5) is 0 Å². The van der Waals surface area contributed by atoms with Gasteiger partial charge in [-0.1, -0.05) is 60.2 Å². The number of phenols is 1. The molecular formula is C36H40N2O4. The number of carbonyl (C=O) groups excluding carboxylic acids is 1. The van der Waals surface area contributed by atoms with Gasteiger partial charge < -0.3 is 19.5 Å². The lowest BCUT2D eigenvalue weighted by molar-refractivity contribution is 0.0431. The molecule has 1 amide bonds. The molecule has 2 fully saturated rings. The van der Waals surface area contributed by atoms with Gasteiger partial charge in [0.15, 0.2) is 5.76 Å². The lowest BCUT2D eigenvalue weighted by Gasteiger charge is -2.42. The van der Waals surface area contributed by atoms with Gasteiger partial charge in [0.1, 0.15) is 12.0 Å². The van der Waals surface area contributed by atoms with Crippen LogP contribution in [0.5, 0.6) is 5.75 Å². The van der Waals surface area contributed by atoms with Crippen LogP contribution in [0.1, 0.15) is 66.6 Å². The second kappa shape index (κ2) is 12.5. The summed E-state index contributed by atoms with van der Waals surface area (Å²) in [4.78, 5) is 17.5. The van der Waals surface area contributed by atoms with Crippen molar-refractivity contribution in [3.05, 3.63) is 119 Å². The standard InChI is InChI=1S/C36H40N2O4/c1-3-37(4-2)36(40)27-15-13-26(14-16-27)35(28-11-8-12-32(39)22-28)29-20-30-17-18-31(21-29)38(30)33(34-23-41-24-42-34)19-25-9-6-5-7-10-25/h5-16,22-23,30-31,33,39H,3-4,17-21,24H2,1-2H3. The molecule has 0 saturated carbocycles. The smallest absolute Gasteiger partial charge is 0.253 e. The SMILES string of the molecule is CCN(CC)C(=O)c1ccc(C(=C2CC3CCC(C2)N3C(Cc2ccccc2)C2=COCO2)c2cccc(O)c2)cc1. The van der Waals surface area contributed by atoms with Crippen LogP contribution in [0, 0.1) is 0 Å². The Labute approximate surface area is 248 Å². The molecule has 3 aliphatic rings. The summed E-state index contributed by atoms with van der Waals surface area (Å²) in [6, 6.07) is 27.1. The Bertz CT molecular complexity index is 1440. The van der Waals surface area contributed by atoms with Crippen molar-refractivity contribution in [2.45, 2.75) is 64.1 Å². The van der Waals surface area contributed by atoms with Crippen LogP contribution in [-0.2, 0) is 15.9 Å². The van der Waals surface area contributed by atoms with Crippen molar-refractivity contribution in [2.75, 3.05) is 19.9 Å². The second-order valence-electron chi connectivity index (χ2n) is 11.5. The molecule has 6 heteroatoms. The number of carbonyl (C=O) groups is 1. The molecule has 3 aromatic rings. The van der Waals surface area contributed by atoms with Gasteiger partial charge in [-0.2, -0.15) is 0 Å². The lowest BCUT2D eigenvalue weighted by atomic mass is 9.84. The highest BCUT2D eigenvalue weighted by Crippen LogP contribution is 2.45. The Hall–Kier alpha value is -4.03. The van der Waals surface area contributed by atoms with E-state index in [1.165, 1.54) is 16.7 Å². The van der Waals surface area contributed by atoms with Crippen molar-refractivity contribution < 1.29 is 19.4 Å². The Morgan fingerprint density at radius 3 is 2.21 bits per heavy atom. The normalized spacial score (nSPS) is 20.4. The summed E-state index contributed by atoms with van der Waals surface area (Å²) in [5.41, 5.74) is 6.66. The molecular weight excluding hydrogens is 524 g/mol. The predicted molar refractivity (Wildman–Crippen MR) is 165 cm³/mol. The van der Waals surface area contributed by atoms with Crippen LogP contribution in [-0.4, -0.2) is 58.8 Å². The van der Waals surface area contributed by atoms with E-state index in [1.54, 1.807) is 12.3 Å². The number of benzene rings is 3. The number of aromatic hydroxyl groups is 1. The first-order chi connectivity index (χ1) is 20.6. The number of rotatable bonds is 9. The van der Waals surface area contributed by atoms with Crippen molar-refractivity contribution in [1.82, 2.24) is 9.80 Å². The number of hydrogen-bond donors (Lipinski definition) is 1. The average Bonchev–Trinajstić information content (AvgIpc) is 3.64. The number of ether oxygens (including phenoxy) is 2. The lowest BCUT2D eigenvalue weighted by Crippen LogP contribution is -2.49. The van der Waals surface area contributed by atoms with Crippen molar-refractivity contribution >= 4 is 11.5 Å². The Kier molecular flexibility index (Phi) is 8.34. The molecule has 0 aliphatic carbocycles. The molecule has 42 heavy (non-hydrogen) atoms. The molecule has 218 valence electrons. The van der Waals surface area contributed by atoms with E-state index in [-0.39, 0.29) is 24.5 Å². The zero-order chi connectivity index (χ0) is 29.1. The minimum absolute atomic E-state index is 0.0568. The first-order valence-electron chi connectivity index (χ1n) is 15.2. The van der Waals surface area contributed by atoms with E-state index >= 15 is 0 Å². The molecule has 6 nitrogen and oxygen atoms in total. The van der Waals surface area contributed by atoms with Gasteiger partial charge >= 0.3 is 0 Å². The molecule has 3 atom stereocenters. The highest BCUT2D eigenvalue weighted by molar-refractivity contribution is 5.95. The summed E-state index contributed by atoms with van der Waals surface area (Å²) in [6.07, 6.45) is 6.85. The quantitative estimate of drug-likeness (QED) is 0.311. The zero-order valence-corrected chi connectivity index (χ0v) is 24.5. The first kappa shape index (κ1) is 28.1. The molecule has 3 aromatic carbocycles. The van der Waals surface area contributed by atoms with Crippen LogP contribution in [0.15, 0.2) is 96.5 Å². The minimum Gasteiger partial charge on any atom is -0.508 e. The maximum absolute atomic E-state index is 13.0. The van der Waals surface area contributed by atoms with Gasteiger partial charge in [0.2, 0.25) is 6.79 Å². The molecule has 1 N–H and O–H groups in total. The number of amides is 1. The van der Waals surface area contributed by atoms with E-state index in [1.807, 2.05) is 43.0 Å². The maximum atomic E-state index is 13.0. The van der Waals surface area contributed by atoms with Crippen LogP contribution in [0.25, 0.3) is 5.57 Å². The Morgan fingerprint density at radius 2 is 1.60 bits per heavy atom. The highest BCUT2D eigenvalue weighted by atomic mass is 16.7. The van der Waals surface area contributed by atoms with E-state index in [2.05, 4.69) is 53.4 Å². The molecule has 3 aliphatic heterocycles. The van der Waals surface area contributed by atoms with Crippen LogP contribution in [0.2, 0.25) is 0 Å². The number of fused-ring (bicyclic) bond motifs is 2. The first-order valence-corrected chi connectivity index (χ1v) is 15.2. The van der Waals surface area contributed by atoms with Gasteiger partial charge in [0.25, 0.3) is 5.91 Å². The van der Waals surface area contributed by atoms with Crippen molar-refractivity contribution in [3.8, 4) is 5.75 Å². The largest absolute Gasteiger partial charge is 0.508 e. The molecule has 3 heterocycles. The van der Waals surface area contributed by atoms with Gasteiger partial charge in [0, 0.05) is 30.7 Å². The Balaban J connectivity index is 1.35. The molecule has 0 spiro atoms. The van der Waals surface area contributed by atoms with E-state index in [4.69, 9.17) is 9.47 Å². The third-order valence-corrected chi connectivity index (χ3v) is 9.05. The third-order valence-electron chi connectivity index (χ3n) is 9.05. The van der Waals surface area contributed by atoms with E-state index < -0.39 is 0 Å². The van der Waals surface area contributed by atoms with Gasteiger partial charge in [-0.25, -0.2) is 0 Å². The molecule has 2 saturated heterocycles. The topological polar surface area (TPSA) is 62.2 Å². The molecule has 0 aromatic heterocycles. The number of piperidine rings is 1. The molecule has 6 rings (SSSR count). The highest BCUT2D eigenvalue weighted by Gasteiger charge is 2.45. The zero-order valence-electron chi connectivity index (χ0n) is 24.5. The minimum atomic E-state index is 0.0568. The average molecular weight is 565 g/mol. The number of hydrogen-bond acceptors (Lipinski definition) is 5. The summed E-state index contributed by atoms with van der Waals surface area (Å²) < 4.78 is 11.5. The fourth-order valence-electron chi connectivity index (χ4n) is 7.09. The predicted octanol–water partition coefficient (Wildman–Crippen LogP) is 6.76. The van der Waals surface area contributed by atoms with E-state index in [0.29, 0.717) is 30.7 Å². The summed E-state index contributed by atoms with van der Waals surface area (Å²) in [5, 5.41) is 10.4. The van der Waals surface area contributed by atoms with Crippen molar-refractivity contribution in [2.24, 2.45) is 0 Å². The fourth-order valence-corrected chi connectivity index (χ4v) is 7.09. The van der Waals surface area contributed by atoms with Crippen LogP contribution in [0.3, 0.4) is 0 Å². The van der Waals surface area contributed by atoms with Gasteiger partial charge in [-0.15, -0.1) is 0 Å². The van der Waals surface area contributed by atoms with E-state index in [9.17, 15) is 9.90 Å². The van der Waals surface area contributed by atoms with Gasteiger partial charge in [0.05, 0.1) is 6.04 Å². The van der Waals surface area contributed by atoms with Crippen LogP contribution >= 0.6 is 0 Å². The third kappa shape index (κ3) is 5.68. The van der Waals surface area contributed by atoms with Gasteiger partial charge in [-0.05, 0) is 92.5 Å². The summed E-state index contributed by atoms with van der Waals surface area (Å²) in [6.45, 7) is 5.67. The summed E-state index contributed by atoms with van der Waals surface area (Å²) in [7, 11) is 0. The number of phenolic OH excluding ortho intramolecular Hbond substituents is 1. The second-order valence-corrected chi connectivity index (χ2v) is 11.5. The summed E-state index contributed by atoms with van der Waals surface area (Å²) in [5.74, 6) is 1.23. The molecule has 3 unspecified atom stereocenters. The van der Waals surface area contributed by atoms with Crippen molar-refractivity contribution in [1.29, 1.82) is 0 Å². The number of nitrogens with zero attached hydrogens (tertiary/aromatic N) is 2. The molecule has 0 radical (unpaired) electrons. The Morgan fingerprint density at radius 1 is 0.905 bits per heavy atom. The maximum Gasteiger partial charge on any atom is 0.253 e.